The van der Waals surface area contributed by atoms with Crippen LogP contribution in [-0.2, 0) is 13.0 Å². The minimum Gasteiger partial charge on any atom is -0.463 e. The third kappa shape index (κ3) is 3.87. The Morgan fingerprint density at radius 1 is 1.07 bits per heavy atom. The van der Waals surface area contributed by atoms with E-state index in [4.69, 9.17) is 4.42 Å². The van der Waals surface area contributed by atoms with Crippen LogP contribution in [0.3, 0.4) is 0 Å². The summed E-state index contributed by atoms with van der Waals surface area (Å²) in [6, 6.07) is 18.5. The zero-order chi connectivity index (χ0) is 19.5. The number of benzene rings is 2. The maximum absolute atomic E-state index is 12.7. The van der Waals surface area contributed by atoms with Gasteiger partial charge < -0.3 is 14.6 Å². The summed E-state index contributed by atoms with van der Waals surface area (Å²) in [6.07, 6.45) is 2.76. The van der Waals surface area contributed by atoms with Gasteiger partial charge in [-0.2, -0.15) is 0 Å². The molecule has 4 nitrogen and oxygen atoms in total. The van der Waals surface area contributed by atoms with E-state index in [2.05, 4.69) is 36.5 Å². The molecule has 0 fully saturated rings. The van der Waals surface area contributed by atoms with Crippen LogP contribution in [-0.4, -0.2) is 19.0 Å². The summed E-state index contributed by atoms with van der Waals surface area (Å²) in [4.78, 5) is 14.1. The van der Waals surface area contributed by atoms with Crippen molar-refractivity contribution in [2.45, 2.75) is 32.9 Å². The number of fused-ring (bicyclic) bond motifs is 1. The fraction of sp³-hybridized carbons (Fsp3) is 0.292. The van der Waals surface area contributed by atoms with Crippen molar-refractivity contribution < 1.29 is 14.1 Å². The average molecular weight is 375 g/mol. The van der Waals surface area contributed by atoms with Crippen molar-refractivity contribution in [3.63, 3.8) is 0 Å². The number of nitrogens with one attached hydrogen (secondary N) is 2. The van der Waals surface area contributed by atoms with Gasteiger partial charge in [-0.25, -0.2) is 0 Å². The van der Waals surface area contributed by atoms with Crippen LogP contribution in [0.5, 0.6) is 0 Å². The van der Waals surface area contributed by atoms with Gasteiger partial charge in [0.25, 0.3) is 5.91 Å². The maximum atomic E-state index is 12.7. The van der Waals surface area contributed by atoms with E-state index in [1.54, 1.807) is 6.26 Å². The molecule has 0 bridgehead atoms. The summed E-state index contributed by atoms with van der Waals surface area (Å²) in [5.41, 5.74) is 5.86. The summed E-state index contributed by atoms with van der Waals surface area (Å²) in [7, 11) is 0. The Hall–Kier alpha value is -2.85. The number of aryl methyl sites for hydroxylation is 2. The third-order valence-electron chi connectivity index (χ3n) is 5.87. The second-order valence-corrected chi connectivity index (χ2v) is 7.68. The van der Waals surface area contributed by atoms with E-state index >= 15 is 0 Å². The highest BCUT2D eigenvalue weighted by molar-refractivity contribution is 5.94. The Bertz CT molecular complexity index is 962. The Morgan fingerprint density at radius 3 is 2.64 bits per heavy atom. The molecule has 1 aliphatic rings. The first-order valence-electron chi connectivity index (χ1n) is 9.92. The molecule has 2 atom stereocenters. The predicted octanol–water partition coefficient (Wildman–Crippen LogP) is 3.01. The lowest BCUT2D eigenvalue weighted by Gasteiger charge is -2.31. The molecule has 1 aliphatic heterocycles. The van der Waals surface area contributed by atoms with Crippen LogP contribution >= 0.6 is 0 Å². The number of hydrogen-bond acceptors (Lipinski definition) is 2. The summed E-state index contributed by atoms with van der Waals surface area (Å²) >= 11 is 0. The van der Waals surface area contributed by atoms with Crippen LogP contribution in [0.4, 0.5) is 0 Å². The summed E-state index contributed by atoms with van der Waals surface area (Å²) in [6.45, 7) is 6.62. The van der Waals surface area contributed by atoms with Gasteiger partial charge in [0.05, 0.1) is 19.4 Å². The predicted molar refractivity (Wildman–Crippen MR) is 109 cm³/mol. The largest absolute Gasteiger partial charge is 0.463 e. The zero-order valence-corrected chi connectivity index (χ0v) is 16.5. The molecule has 2 heterocycles. The van der Waals surface area contributed by atoms with E-state index in [9.17, 15) is 4.79 Å². The standard InChI is InChI=1S/C24H26N2O2/c1-17-9-10-20(14-18(17)2)24(27)25-15-22(23-8-5-13-28-23)26-12-11-19-6-3-4-7-21(19)16-26/h3-10,13-14,22H,11-12,15-16H2,1-2H3,(H,25,27)/p+1/t22-/m0/s1. The lowest BCUT2D eigenvalue weighted by molar-refractivity contribution is -0.946. The van der Waals surface area contributed by atoms with Crippen molar-refractivity contribution >= 4 is 5.91 Å². The number of furan rings is 1. The van der Waals surface area contributed by atoms with Gasteiger partial charge >= 0.3 is 0 Å². The average Bonchev–Trinajstić information content (AvgIpc) is 3.24. The summed E-state index contributed by atoms with van der Waals surface area (Å²) < 4.78 is 5.74. The second kappa shape index (κ2) is 8.03. The highest BCUT2D eigenvalue weighted by atomic mass is 16.3. The molecule has 0 radical (unpaired) electrons. The molecule has 1 amide bonds. The van der Waals surface area contributed by atoms with Crippen LogP contribution in [0.2, 0.25) is 0 Å². The highest BCUT2D eigenvalue weighted by Gasteiger charge is 2.30. The van der Waals surface area contributed by atoms with Crippen molar-refractivity contribution in [1.82, 2.24) is 5.32 Å². The summed E-state index contributed by atoms with van der Waals surface area (Å²) in [5, 5.41) is 3.14. The lowest BCUT2D eigenvalue weighted by atomic mass is 9.98. The second-order valence-electron chi connectivity index (χ2n) is 7.68. The monoisotopic (exact) mass is 375 g/mol. The van der Waals surface area contributed by atoms with Crippen molar-refractivity contribution in [2.75, 3.05) is 13.1 Å². The van der Waals surface area contributed by atoms with E-state index in [1.807, 2.05) is 37.3 Å². The van der Waals surface area contributed by atoms with E-state index in [-0.39, 0.29) is 11.9 Å². The van der Waals surface area contributed by atoms with Crippen molar-refractivity contribution in [2.24, 2.45) is 0 Å². The molecular formula is C24H27N2O2+. The number of amides is 1. The van der Waals surface area contributed by atoms with E-state index in [1.165, 1.54) is 21.6 Å². The van der Waals surface area contributed by atoms with E-state index < -0.39 is 0 Å². The molecule has 4 heteroatoms. The third-order valence-corrected chi connectivity index (χ3v) is 5.87. The minimum atomic E-state index is -0.0311. The molecule has 0 aliphatic carbocycles. The first kappa shape index (κ1) is 18.5. The molecule has 0 saturated carbocycles. The molecule has 0 spiro atoms. The van der Waals surface area contributed by atoms with Crippen molar-refractivity contribution in [1.29, 1.82) is 0 Å². The number of carbonyl (C=O) groups is 1. The van der Waals surface area contributed by atoms with Gasteiger partial charge in [-0.3, -0.25) is 4.79 Å². The zero-order valence-electron chi connectivity index (χ0n) is 16.5. The van der Waals surface area contributed by atoms with Crippen LogP contribution in [0.15, 0.2) is 65.3 Å². The number of quaternary nitrogens is 1. The number of rotatable bonds is 5. The first-order valence-corrected chi connectivity index (χ1v) is 9.92. The van der Waals surface area contributed by atoms with Crippen LogP contribution in [0, 0.1) is 13.8 Å². The van der Waals surface area contributed by atoms with E-state index in [0.717, 1.165) is 30.8 Å². The Labute approximate surface area is 166 Å². The fourth-order valence-electron chi connectivity index (χ4n) is 4.01. The molecule has 4 rings (SSSR count). The Morgan fingerprint density at radius 2 is 1.89 bits per heavy atom. The molecule has 144 valence electrons. The number of hydrogen-bond donors (Lipinski definition) is 2. The molecular weight excluding hydrogens is 348 g/mol. The maximum Gasteiger partial charge on any atom is 0.251 e. The van der Waals surface area contributed by atoms with Gasteiger partial charge in [0.15, 0.2) is 11.8 Å². The molecule has 28 heavy (non-hydrogen) atoms. The number of carbonyl (C=O) groups excluding carboxylic acids is 1. The van der Waals surface area contributed by atoms with Crippen LogP contribution < -0.4 is 10.2 Å². The Kier molecular flexibility index (Phi) is 5.31. The van der Waals surface area contributed by atoms with Gasteiger partial charge in [-0.15, -0.1) is 0 Å². The molecule has 2 aromatic carbocycles. The molecule has 2 N–H and O–H groups in total. The van der Waals surface area contributed by atoms with Crippen molar-refractivity contribution in [3.8, 4) is 0 Å². The van der Waals surface area contributed by atoms with Gasteiger partial charge in [-0.1, -0.05) is 30.3 Å². The smallest absolute Gasteiger partial charge is 0.251 e. The molecule has 1 aromatic heterocycles. The molecule has 0 saturated heterocycles. The van der Waals surface area contributed by atoms with Gasteiger partial charge in [0.1, 0.15) is 6.54 Å². The van der Waals surface area contributed by atoms with Gasteiger partial charge in [0, 0.05) is 17.5 Å². The topological polar surface area (TPSA) is 46.7 Å². The van der Waals surface area contributed by atoms with Crippen LogP contribution in [0.1, 0.15) is 44.4 Å². The lowest BCUT2D eigenvalue weighted by Crippen LogP contribution is -3.12. The normalized spacial score (nSPS) is 17.0. The molecule has 3 aromatic rings. The Balaban J connectivity index is 1.50. The van der Waals surface area contributed by atoms with Crippen LogP contribution in [0.25, 0.3) is 0 Å². The van der Waals surface area contributed by atoms with Gasteiger partial charge in [-0.05, 0) is 54.8 Å². The fourth-order valence-corrected chi connectivity index (χ4v) is 4.01. The minimum absolute atomic E-state index is 0.0311. The van der Waals surface area contributed by atoms with E-state index in [0.29, 0.717) is 12.1 Å². The molecule has 1 unspecified atom stereocenters. The summed E-state index contributed by atoms with van der Waals surface area (Å²) in [5.74, 6) is 0.895. The quantitative estimate of drug-likeness (QED) is 0.720. The van der Waals surface area contributed by atoms with Gasteiger partial charge in [0.2, 0.25) is 0 Å². The SMILES string of the molecule is Cc1ccc(C(=O)NC[C@@H](c2ccco2)[NH+]2CCc3ccccc3C2)cc1C. The highest BCUT2D eigenvalue weighted by Crippen LogP contribution is 2.16. The van der Waals surface area contributed by atoms with Crippen molar-refractivity contribution in [3.05, 3.63) is 94.4 Å². The first-order chi connectivity index (χ1) is 13.6.